The number of carboxylic acids is 3. The van der Waals surface area contributed by atoms with Gasteiger partial charge in [0.05, 0.1) is 30.5 Å². The number of carbonyl (C=O) groups excluding carboxylic acids is 3. The summed E-state index contributed by atoms with van der Waals surface area (Å²) in [6.07, 6.45) is 113. The molecule has 17 heteroatoms. The largest absolute Gasteiger partial charge is 0.481 e. The predicted octanol–water partition coefficient (Wildman–Crippen LogP) is 31.8. The van der Waals surface area contributed by atoms with Gasteiger partial charge in [-0.3, -0.25) is 28.8 Å². The molecule has 0 rings (SSSR count). The van der Waals surface area contributed by atoms with Gasteiger partial charge in [0.25, 0.3) is 0 Å². The van der Waals surface area contributed by atoms with Gasteiger partial charge in [0.15, 0.2) is 6.10 Å². The summed E-state index contributed by atoms with van der Waals surface area (Å²) in [5, 5.41) is 74.7. The maximum Gasteiger partial charge on any atom is 0.306 e. The Morgan fingerprint density at radius 1 is 0.214 bits per heavy atom. The zero-order valence-corrected chi connectivity index (χ0v) is 85.3. The molecule has 0 aliphatic carbocycles. The molecular weight excluding hydrogens is 1640 g/mol. The van der Waals surface area contributed by atoms with Crippen molar-refractivity contribution in [2.75, 3.05) is 13.2 Å². The van der Waals surface area contributed by atoms with E-state index >= 15 is 0 Å². The second-order valence-electron chi connectivity index (χ2n) is 36.5. The number of carboxylic acid groups (broad SMARTS) is 3. The molecule has 5 atom stereocenters. The number of rotatable bonds is 95. The van der Waals surface area contributed by atoms with Crippen LogP contribution in [0.25, 0.3) is 0 Å². The second-order valence-corrected chi connectivity index (χ2v) is 36.5. The number of aliphatic hydroxyl groups is 5. The molecule has 0 saturated carbocycles. The highest BCUT2D eigenvalue weighted by Crippen LogP contribution is 2.20. The number of unbranched alkanes of at least 4 members (excludes halogenated alkanes) is 47. The summed E-state index contributed by atoms with van der Waals surface area (Å²) < 4.78 is 16.8. The standard InChI is InChI=1S/C57H102O8.C21H40O3.C19H34O3.C17H30O3/c1-4-7-10-11-12-13-14-15-16-17-18-27-32-37-42-49-57(62)65-54(50-63-55(60)47-40-35-30-25-21-19-23-28-33-38-45-52(58)43-8-5-2)51-64-56(61)48-41-36-31-26-22-20-24-29-34-39-46-53(59)44-9-6-3;1-2-3-4-11-14-17-20(22)18-15-12-9-7-5-6-8-10-13-16-19-21(23)24;1-2-3-12-15-18(20)16-13-10-8-6-4-5-7-9-11-14-17-19(21)22;1-2-3-10-13-16(18)14-11-8-6-4-5-7-9-12-15-17(19)20/h12-13,15-16,33-34,38-39,52-54,58-59H,4-11,14,17-32,35-37,40-51H2,1-3H3;12,15,20,22H,2-11,13-14,16-19H2,1H3,(H,23,24);3,10,12-13,18,20H,2,4-9,11,14-17H2,1H3,(H,21,22);3,8,10-11,16,18H,2,4-7,9,12-15H2,1H3,(H,19,20)/b13-12+,16-15+,38-33-,39-34-;15-12-;12-3-,13-10-;10-3-,11-8-. The summed E-state index contributed by atoms with van der Waals surface area (Å²) in [4.78, 5) is 69.1. The van der Waals surface area contributed by atoms with Gasteiger partial charge in [-0.05, 0) is 212 Å². The van der Waals surface area contributed by atoms with Crippen molar-refractivity contribution in [1.82, 2.24) is 0 Å². The number of esters is 3. The van der Waals surface area contributed by atoms with Crippen molar-refractivity contribution in [3.05, 3.63) is 109 Å². The molecule has 0 aromatic heterocycles. The Morgan fingerprint density at radius 3 is 0.695 bits per heavy atom. The van der Waals surface area contributed by atoms with Crippen LogP contribution in [0.2, 0.25) is 0 Å². The number of hydrogen-bond donors (Lipinski definition) is 8. The first-order chi connectivity index (χ1) is 63.8. The molecule has 0 aromatic rings. The van der Waals surface area contributed by atoms with Gasteiger partial charge in [-0.1, -0.05) is 388 Å². The van der Waals surface area contributed by atoms with E-state index in [-0.39, 0.29) is 61.6 Å². The lowest BCUT2D eigenvalue weighted by atomic mass is 10.1. The Bertz CT molecular complexity index is 2650. The maximum atomic E-state index is 12.8. The van der Waals surface area contributed by atoms with Crippen LogP contribution in [-0.4, -0.2) is 127 Å². The van der Waals surface area contributed by atoms with Crippen molar-refractivity contribution in [3.8, 4) is 0 Å². The van der Waals surface area contributed by atoms with Gasteiger partial charge >= 0.3 is 35.8 Å². The molecule has 0 aromatic carbocycles. The first-order valence-electron chi connectivity index (χ1n) is 54.2. The van der Waals surface area contributed by atoms with Crippen LogP contribution in [0.5, 0.6) is 0 Å². The van der Waals surface area contributed by atoms with Crippen LogP contribution in [0.15, 0.2) is 109 Å². The summed E-state index contributed by atoms with van der Waals surface area (Å²) in [6.45, 7) is 12.7. The summed E-state index contributed by atoms with van der Waals surface area (Å²) >= 11 is 0. The Hall–Kier alpha value is -5.72. The normalized spacial score (nSPS) is 13.2. The van der Waals surface area contributed by atoms with E-state index in [0.29, 0.717) is 38.5 Å². The van der Waals surface area contributed by atoms with Crippen LogP contribution in [-0.2, 0) is 43.0 Å². The highest BCUT2D eigenvalue weighted by Gasteiger charge is 2.20. The first kappa shape index (κ1) is 132. The minimum absolute atomic E-state index is 0.108. The molecule has 764 valence electrons. The summed E-state index contributed by atoms with van der Waals surface area (Å²) in [6, 6.07) is 0. The SMILES string of the molecule is CC/C=C\CC(O)C/C=C\CCCCCCCC(=O)O.CC/C=C\CC(O)C/C=C\CCCCCCCCCC(=O)O.CCCCC/C=C/C/C=C/CCCCCCCC(=O)OC(COC(=O)CCCCCCCCC/C=C\CC(O)CCCC)COC(=O)CCCCCCCCC/C=C\CC(O)CCCC.CCCCCCCC(O)C/C=C\CCCCCCCCCC(=O)O. The summed E-state index contributed by atoms with van der Waals surface area (Å²) in [5.74, 6) is -3.03. The minimum Gasteiger partial charge on any atom is -0.481 e. The number of aliphatic carboxylic acids is 3. The third kappa shape index (κ3) is 122. The molecule has 0 fully saturated rings. The zero-order valence-electron chi connectivity index (χ0n) is 85.3. The average Bonchev–Trinajstić information content (AvgIpc) is 0.938. The summed E-state index contributed by atoms with van der Waals surface area (Å²) in [7, 11) is 0. The molecule has 0 spiro atoms. The Labute approximate surface area is 803 Å². The van der Waals surface area contributed by atoms with Crippen molar-refractivity contribution in [2.24, 2.45) is 0 Å². The smallest absolute Gasteiger partial charge is 0.306 e. The Balaban J connectivity index is -0.000000983. The van der Waals surface area contributed by atoms with Crippen LogP contribution in [0, 0.1) is 0 Å². The molecular formula is C114H206O17. The molecule has 0 saturated heterocycles. The molecule has 0 amide bonds. The van der Waals surface area contributed by atoms with Gasteiger partial charge in [-0.15, -0.1) is 0 Å². The van der Waals surface area contributed by atoms with Crippen LogP contribution in [0.4, 0.5) is 0 Å². The molecule has 17 nitrogen and oxygen atoms in total. The van der Waals surface area contributed by atoms with Crippen LogP contribution >= 0.6 is 0 Å². The Morgan fingerprint density at radius 2 is 0.420 bits per heavy atom. The van der Waals surface area contributed by atoms with Crippen molar-refractivity contribution < 1.29 is 83.8 Å². The van der Waals surface area contributed by atoms with Gasteiger partial charge in [-0.25, -0.2) is 0 Å². The molecule has 0 aliphatic rings. The highest BCUT2D eigenvalue weighted by molar-refractivity contribution is 5.71. The number of carbonyl (C=O) groups is 6. The maximum absolute atomic E-state index is 12.8. The van der Waals surface area contributed by atoms with Gasteiger partial charge in [-0.2, -0.15) is 0 Å². The van der Waals surface area contributed by atoms with Crippen molar-refractivity contribution >= 4 is 35.8 Å². The lowest BCUT2D eigenvalue weighted by Crippen LogP contribution is -2.30. The fraction of sp³-hybridized carbons (Fsp3) is 0.789. The molecule has 0 heterocycles. The van der Waals surface area contributed by atoms with Crippen molar-refractivity contribution in [1.29, 1.82) is 0 Å². The highest BCUT2D eigenvalue weighted by atomic mass is 16.6. The van der Waals surface area contributed by atoms with E-state index in [2.05, 4.69) is 145 Å². The van der Waals surface area contributed by atoms with E-state index < -0.39 is 24.0 Å². The topological polar surface area (TPSA) is 292 Å². The number of allylic oxidation sites excluding steroid dienone is 11. The van der Waals surface area contributed by atoms with E-state index in [1.54, 1.807) is 0 Å². The van der Waals surface area contributed by atoms with Gasteiger partial charge in [0.1, 0.15) is 13.2 Å². The lowest BCUT2D eigenvalue weighted by Gasteiger charge is -2.18. The van der Waals surface area contributed by atoms with Gasteiger partial charge in [0.2, 0.25) is 0 Å². The van der Waals surface area contributed by atoms with Crippen LogP contribution in [0.3, 0.4) is 0 Å². The fourth-order valence-corrected chi connectivity index (χ4v) is 14.8. The van der Waals surface area contributed by atoms with E-state index in [1.807, 2.05) is 6.08 Å². The summed E-state index contributed by atoms with van der Waals surface area (Å²) in [5.41, 5.74) is 0. The van der Waals surface area contributed by atoms with Gasteiger partial charge < -0.3 is 55.1 Å². The fourth-order valence-electron chi connectivity index (χ4n) is 14.8. The molecule has 5 unspecified atom stereocenters. The van der Waals surface area contributed by atoms with E-state index in [1.165, 1.54) is 128 Å². The minimum atomic E-state index is -0.810. The number of aliphatic hydroxyl groups excluding tert-OH is 5. The number of hydrogen-bond acceptors (Lipinski definition) is 14. The van der Waals surface area contributed by atoms with E-state index in [9.17, 15) is 54.3 Å². The monoisotopic (exact) mass is 1850 g/mol. The molecule has 0 radical (unpaired) electrons. The van der Waals surface area contributed by atoms with E-state index in [4.69, 9.17) is 29.5 Å². The van der Waals surface area contributed by atoms with Crippen LogP contribution < -0.4 is 0 Å². The molecule has 8 N–H and O–H groups in total. The lowest BCUT2D eigenvalue weighted by molar-refractivity contribution is -0.167. The molecule has 0 aliphatic heterocycles. The molecule has 0 bridgehead atoms. The quantitative estimate of drug-likeness (QED) is 0.0121. The van der Waals surface area contributed by atoms with Gasteiger partial charge in [0, 0.05) is 38.5 Å². The average molecular weight is 1850 g/mol. The zero-order chi connectivity index (χ0) is 96.9. The third-order valence-corrected chi connectivity index (χ3v) is 23.2. The Kier molecular flexibility index (Phi) is 113. The van der Waals surface area contributed by atoms with Crippen molar-refractivity contribution in [2.45, 2.75) is 566 Å². The second kappa shape index (κ2) is 113. The first-order valence-corrected chi connectivity index (χ1v) is 54.2. The third-order valence-electron chi connectivity index (χ3n) is 23.2. The predicted molar refractivity (Wildman–Crippen MR) is 552 cm³/mol. The van der Waals surface area contributed by atoms with Crippen molar-refractivity contribution in [3.63, 3.8) is 0 Å². The molecule has 131 heavy (non-hydrogen) atoms. The number of ether oxygens (including phenoxy) is 3. The van der Waals surface area contributed by atoms with Crippen LogP contribution in [0.1, 0.15) is 530 Å². The van der Waals surface area contributed by atoms with E-state index in [0.717, 1.165) is 321 Å².